The number of benzene rings is 2. The molecule has 3 aromatic heterocycles. The van der Waals surface area contributed by atoms with Gasteiger partial charge >= 0.3 is 17.8 Å². The summed E-state index contributed by atoms with van der Waals surface area (Å²) in [4.78, 5) is 48.7. The average Bonchev–Trinajstić information content (AvgIpc) is 3.51. The summed E-state index contributed by atoms with van der Waals surface area (Å²) in [7, 11) is 0. The Morgan fingerprint density at radius 1 is 1.20 bits per heavy atom. The number of hydrogen-bond acceptors (Lipinski definition) is 9. The number of halogens is 3. The highest BCUT2D eigenvalue weighted by Gasteiger charge is 2.38. The number of carboxylic acids is 1. The predicted octanol–water partition coefficient (Wildman–Crippen LogP) is 2.87. The van der Waals surface area contributed by atoms with E-state index in [1.54, 1.807) is 29.0 Å². The SMILES string of the molecule is CC1Cn2c(c(C(=O)NCc3ccccc3-c3ccncn3)n(-c3ccc4oc(N)nc4c3)c2=O)CN1.O=C(O)C(F)(F)F. The fourth-order valence-corrected chi connectivity index (χ4v) is 4.74. The molecule has 1 unspecified atom stereocenters. The van der Waals surface area contributed by atoms with Crippen molar-refractivity contribution >= 4 is 29.0 Å². The Hall–Kier alpha value is -5.51. The van der Waals surface area contributed by atoms with Crippen LogP contribution in [-0.2, 0) is 24.4 Å². The fraction of sp³-hybridized carbons (Fsp3) is 0.214. The van der Waals surface area contributed by atoms with E-state index in [0.29, 0.717) is 35.6 Å². The van der Waals surface area contributed by atoms with E-state index < -0.39 is 12.1 Å². The van der Waals surface area contributed by atoms with E-state index in [2.05, 4.69) is 25.6 Å². The summed E-state index contributed by atoms with van der Waals surface area (Å²) in [6, 6.07) is 14.8. The largest absolute Gasteiger partial charge is 0.490 e. The van der Waals surface area contributed by atoms with E-state index in [4.69, 9.17) is 20.1 Å². The molecule has 0 spiro atoms. The summed E-state index contributed by atoms with van der Waals surface area (Å²) >= 11 is 0. The first-order chi connectivity index (χ1) is 20.9. The van der Waals surface area contributed by atoms with Crippen LogP contribution in [0.25, 0.3) is 28.0 Å². The molecular weight excluding hydrogens is 585 g/mol. The number of aromatic nitrogens is 5. The first-order valence-corrected chi connectivity index (χ1v) is 13.1. The molecule has 44 heavy (non-hydrogen) atoms. The van der Waals surface area contributed by atoms with Gasteiger partial charge in [-0.05, 0) is 36.8 Å². The molecule has 0 bridgehead atoms. The smallest absolute Gasteiger partial charge is 0.475 e. The van der Waals surface area contributed by atoms with Gasteiger partial charge in [-0.3, -0.25) is 13.9 Å². The van der Waals surface area contributed by atoms with Crippen LogP contribution in [0, 0.1) is 0 Å². The standard InChI is InChI=1S/C26H24N8O3.C2HF3O2/c1-15-13-33-21(12-29-15)23(34(26(33)36)17-6-7-22-20(10-17)32-25(27)37-22)24(35)30-11-16-4-2-3-5-18(16)19-8-9-28-14-31-19;3-2(4,5)1(6)7/h2-10,14-15,29H,11-13H2,1H3,(H2,27,32)(H,30,35);(H,6,7). The number of anilines is 1. The zero-order valence-electron chi connectivity index (χ0n) is 23.0. The predicted molar refractivity (Wildman–Crippen MR) is 151 cm³/mol. The van der Waals surface area contributed by atoms with Crippen LogP contribution in [0.5, 0.6) is 0 Å². The third-order valence-corrected chi connectivity index (χ3v) is 6.74. The number of nitrogen functional groups attached to an aromatic ring is 1. The van der Waals surface area contributed by atoms with Crippen LogP contribution in [0.2, 0.25) is 0 Å². The Morgan fingerprint density at radius 3 is 2.66 bits per heavy atom. The van der Waals surface area contributed by atoms with Gasteiger partial charge in [0.05, 0.1) is 17.1 Å². The second-order valence-corrected chi connectivity index (χ2v) is 9.75. The van der Waals surface area contributed by atoms with Gasteiger partial charge in [-0.15, -0.1) is 0 Å². The Labute approximate surface area is 246 Å². The highest BCUT2D eigenvalue weighted by atomic mass is 19.4. The van der Waals surface area contributed by atoms with Crippen LogP contribution in [0.15, 0.2) is 70.3 Å². The topological polar surface area (TPSA) is 183 Å². The van der Waals surface area contributed by atoms with E-state index in [1.165, 1.54) is 10.9 Å². The summed E-state index contributed by atoms with van der Waals surface area (Å²) in [5.41, 5.74) is 10.4. The van der Waals surface area contributed by atoms with Crippen LogP contribution >= 0.6 is 0 Å². The van der Waals surface area contributed by atoms with Crippen molar-refractivity contribution in [2.75, 3.05) is 5.73 Å². The molecule has 228 valence electrons. The van der Waals surface area contributed by atoms with Gasteiger partial charge in [-0.2, -0.15) is 18.2 Å². The zero-order valence-corrected chi connectivity index (χ0v) is 23.0. The number of oxazole rings is 1. The lowest BCUT2D eigenvalue weighted by Crippen LogP contribution is -2.40. The minimum absolute atomic E-state index is 0.0361. The van der Waals surface area contributed by atoms with Crippen molar-refractivity contribution in [1.29, 1.82) is 0 Å². The van der Waals surface area contributed by atoms with Crippen molar-refractivity contribution < 1.29 is 32.3 Å². The number of hydrogen-bond donors (Lipinski definition) is 4. The number of alkyl halides is 3. The number of fused-ring (bicyclic) bond motifs is 2. The van der Waals surface area contributed by atoms with Crippen LogP contribution in [0.1, 0.15) is 28.7 Å². The lowest BCUT2D eigenvalue weighted by atomic mass is 10.0. The zero-order chi connectivity index (χ0) is 31.6. The molecule has 0 fully saturated rings. The Morgan fingerprint density at radius 2 is 1.95 bits per heavy atom. The van der Waals surface area contributed by atoms with E-state index >= 15 is 0 Å². The lowest BCUT2D eigenvalue weighted by molar-refractivity contribution is -0.192. The Balaban J connectivity index is 0.000000493. The molecule has 4 heterocycles. The first-order valence-electron chi connectivity index (χ1n) is 13.1. The van der Waals surface area contributed by atoms with Crippen molar-refractivity contribution in [1.82, 2.24) is 34.7 Å². The number of carbonyl (C=O) groups excluding carboxylic acids is 1. The number of carbonyl (C=O) groups is 2. The molecule has 1 atom stereocenters. The van der Waals surface area contributed by atoms with Crippen molar-refractivity contribution in [3.63, 3.8) is 0 Å². The first kappa shape index (κ1) is 30.0. The molecule has 0 radical (unpaired) electrons. The van der Waals surface area contributed by atoms with E-state index in [-0.39, 0.29) is 35.9 Å². The van der Waals surface area contributed by atoms with Crippen molar-refractivity contribution in [2.24, 2.45) is 0 Å². The monoisotopic (exact) mass is 610 g/mol. The number of amides is 1. The molecule has 16 heteroatoms. The second-order valence-electron chi connectivity index (χ2n) is 9.75. The number of nitrogens with two attached hydrogens (primary N) is 1. The van der Waals surface area contributed by atoms with Crippen LogP contribution < -0.4 is 22.1 Å². The highest BCUT2D eigenvalue weighted by molar-refractivity contribution is 5.95. The maximum atomic E-state index is 13.7. The third kappa shape index (κ3) is 6.14. The average molecular weight is 611 g/mol. The molecule has 2 aromatic carbocycles. The maximum absolute atomic E-state index is 13.7. The molecule has 0 saturated carbocycles. The second kappa shape index (κ2) is 12.0. The molecule has 5 aromatic rings. The molecule has 6 rings (SSSR count). The van der Waals surface area contributed by atoms with E-state index in [1.807, 2.05) is 37.3 Å². The summed E-state index contributed by atoms with van der Waals surface area (Å²) in [6.07, 6.45) is -1.92. The number of aliphatic carboxylic acids is 1. The highest BCUT2D eigenvalue weighted by Crippen LogP contribution is 2.24. The summed E-state index contributed by atoms with van der Waals surface area (Å²) < 4.78 is 40.2. The number of imidazole rings is 1. The van der Waals surface area contributed by atoms with Gasteiger partial charge in [-0.1, -0.05) is 24.3 Å². The minimum Gasteiger partial charge on any atom is -0.475 e. The number of nitrogens with zero attached hydrogens (tertiary/aromatic N) is 5. The molecule has 0 saturated heterocycles. The van der Waals surface area contributed by atoms with E-state index in [9.17, 15) is 22.8 Å². The maximum Gasteiger partial charge on any atom is 0.490 e. The van der Waals surface area contributed by atoms with Crippen LogP contribution in [-0.4, -0.2) is 53.3 Å². The molecule has 5 N–H and O–H groups in total. The molecule has 1 aliphatic heterocycles. The Kier molecular flexibility index (Phi) is 8.17. The quantitative estimate of drug-likeness (QED) is 0.231. The normalized spacial score (nSPS) is 14.4. The van der Waals surface area contributed by atoms with Crippen LogP contribution in [0.4, 0.5) is 19.2 Å². The summed E-state index contributed by atoms with van der Waals surface area (Å²) in [6.45, 7) is 3.10. The van der Waals surface area contributed by atoms with Gasteiger partial charge in [0.25, 0.3) is 11.9 Å². The van der Waals surface area contributed by atoms with E-state index in [0.717, 1.165) is 16.8 Å². The van der Waals surface area contributed by atoms with Crippen molar-refractivity contribution in [3.8, 4) is 16.9 Å². The van der Waals surface area contributed by atoms with Gasteiger partial charge < -0.3 is 25.9 Å². The van der Waals surface area contributed by atoms with Crippen molar-refractivity contribution in [2.45, 2.75) is 38.8 Å². The van der Waals surface area contributed by atoms with Gasteiger partial charge in [0.2, 0.25) is 0 Å². The molecule has 1 aliphatic rings. The summed E-state index contributed by atoms with van der Waals surface area (Å²) in [5.74, 6) is -3.12. The van der Waals surface area contributed by atoms with Gasteiger partial charge in [0.15, 0.2) is 5.58 Å². The van der Waals surface area contributed by atoms with Crippen molar-refractivity contribution in [3.05, 3.63) is 88.5 Å². The molecule has 13 nitrogen and oxygen atoms in total. The summed E-state index contributed by atoms with van der Waals surface area (Å²) in [5, 5.41) is 13.5. The van der Waals surface area contributed by atoms with Gasteiger partial charge in [-0.25, -0.2) is 19.6 Å². The van der Waals surface area contributed by atoms with Crippen LogP contribution in [0.3, 0.4) is 0 Å². The third-order valence-electron chi connectivity index (χ3n) is 6.74. The number of nitrogens with one attached hydrogen (secondary N) is 2. The number of rotatable bonds is 5. The minimum atomic E-state index is -5.08. The van der Waals surface area contributed by atoms with Gasteiger partial charge in [0, 0.05) is 37.4 Å². The number of carboxylic acid groups (broad SMARTS) is 1. The Bertz CT molecular complexity index is 1900. The lowest BCUT2D eigenvalue weighted by Gasteiger charge is -2.22. The molecule has 1 amide bonds. The molecule has 0 aliphatic carbocycles. The molecular formula is C28H25F3N8O5. The fourth-order valence-electron chi connectivity index (χ4n) is 4.74. The van der Waals surface area contributed by atoms with Gasteiger partial charge in [0.1, 0.15) is 17.5 Å².